The number of guanidine groups is 1. The monoisotopic (exact) mass is 1120 g/mol. The van der Waals surface area contributed by atoms with Gasteiger partial charge in [-0.15, -0.1) is 5.10 Å². The van der Waals surface area contributed by atoms with E-state index in [1.165, 1.54) is 30.9 Å². The summed E-state index contributed by atoms with van der Waals surface area (Å²) < 4.78 is 5.86. The highest BCUT2D eigenvalue weighted by Gasteiger charge is 2.46. The lowest BCUT2D eigenvalue weighted by molar-refractivity contribution is -0.145. The average Bonchev–Trinajstić information content (AvgIpc) is 4.21. The van der Waals surface area contributed by atoms with Crippen molar-refractivity contribution >= 4 is 47.3 Å². The summed E-state index contributed by atoms with van der Waals surface area (Å²) in [6.07, 6.45) is -1.44. The summed E-state index contributed by atoms with van der Waals surface area (Å²) >= 11 is 0. The molecule has 14 N–H and O–H groups in total. The third-order valence-electron chi connectivity index (χ3n) is 14.7. The minimum atomic E-state index is -1.70. The van der Waals surface area contributed by atoms with E-state index in [9.17, 15) is 54.0 Å². The number of fused-ring (bicyclic) bond motifs is 2. The molecule has 23 heteroatoms. The average molecular weight is 1120 g/mol. The predicted molar refractivity (Wildman–Crippen MR) is 300 cm³/mol. The van der Waals surface area contributed by atoms with Gasteiger partial charge in [0.15, 0.2) is 0 Å². The third kappa shape index (κ3) is 16.2. The lowest BCUT2D eigenvalue weighted by Crippen LogP contribution is -2.61. The van der Waals surface area contributed by atoms with E-state index in [4.69, 9.17) is 16.2 Å². The molecule has 3 heterocycles. The first-order valence-corrected chi connectivity index (χ1v) is 27.5. The van der Waals surface area contributed by atoms with Crippen molar-refractivity contribution in [3.05, 3.63) is 108 Å². The fourth-order valence-corrected chi connectivity index (χ4v) is 10.1. The Morgan fingerprint density at radius 1 is 0.716 bits per heavy atom. The maximum Gasteiger partial charge on any atom is 0.251 e. The zero-order valence-electron chi connectivity index (χ0n) is 45.8. The van der Waals surface area contributed by atoms with Gasteiger partial charge in [-0.25, -0.2) is 0 Å². The fourth-order valence-electron chi connectivity index (χ4n) is 10.1. The van der Waals surface area contributed by atoms with Gasteiger partial charge >= 0.3 is 0 Å². The van der Waals surface area contributed by atoms with Crippen LogP contribution in [0.1, 0.15) is 88.1 Å². The van der Waals surface area contributed by atoms with Crippen molar-refractivity contribution in [2.75, 3.05) is 26.2 Å². The van der Waals surface area contributed by atoms with Crippen LogP contribution in [0.4, 0.5) is 0 Å². The second-order valence-corrected chi connectivity index (χ2v) is 20.9. The molecule has 0 bridgehead atoms. The van der Waals surface area contributed by atoms with Gasteiger partial charge in [-0.3, -0.25) is 33.6 Å². The van der Waals surface area contributed by atoms with Gasteiger partial charge in [0, 0.05) is 38.0 Å². The number of hydrogen-bond acceptors (Lipinski definition) is 14. The molecule has 7 rings (SSSR count). The van der Waals surface area contributed by atoms with Crippen molar-refractivity contribution in [1.29, 1.82) is 0 Å². The van der Waals surface area contributed by atoms with Crippen LogP contribution in [0.15, 0.2) is 102 Å². The summed E-state index contributed by atoms with van der Waals surface area (Å²) in [6, 6.07) is 19.2. The molecule has 0 aliphatic carbocycles. The van der Waals surface area contributed by atoms with Crippen LogP contribution in [0.2, 0.25) is 0 Å². The van der Waals surface area contributed by atoms with Crippen LogP contribution in [0.25, 0.3) is 22.3 Å². The number of benzene rings is 4. The van der Waals surface area contributed by atoms with Crippen LogP contribution in [-0.4, -0.2) is 164 Å². The number of aryl methyl sites for hydroxylation is 1. The van der Waals surface area contributed by atoms with E-state index in [0.717, 1.165) is 52.2 Å². The SMILES string of the molecule is CCCCCOc1ccc(-c2ccc(-c3ccc(C(=O)NC4CCCNC(=O)C5C[C@H](NN=C(N)N)CN5C(=O)C([C@@H](C)O)NC(=O)C(CCc5ccc(O)cc5)NC(=O)C5C[C@@H](O)CN5C(=O)C([C@@H](C)O)NC4=O)cc3)cc2)cc1. The lowest BCUT2D eigenvalue weighted by Gasteiger charge is -2.32. The van der Waals surface area contributed by atoms with Crippen LogP contribution < -0.4 is 48.2 Å². The van der Waals surface area contributed by atoms with E-state index in [-0.39, 0.29) is 68.9 Å². The van der Waals surface area contributed by atoms with Crippen molar-refractivity contribution in [1.82, 2.24) is 41.8 Å². The topological polar surface area (TPSA) is 353 Å². The molecule has 434 valence electrons. The Balaban J connectivity index is 1.14. The van der Waals surface area contributed by atoms with Crippen LogP contribution in [0.5, 0.6) is 11.5 Å². The first-order chi connectivity index (χ1) is 38.8. The Morgan fingerprint density at radius 3 is 1.85 bits per heavy atom. The maximum atomic E-state index is 14.5. The zero-order valence-corrected chi connectivity index (χ0v) is 45.8. The lowest BCUT2D eigenvalue weighted by atomic mass is 9.99. The van der Waals surface area contributed by atoms with Gasteiger partial charge in [0.2, 0.25) is 41.4 Å². The highest BCUT2D eigenvalue weighted by atomic mass is 16.5. The van der Waals surface area contributed by atoms with Crippen molar-refractivity contribution in [2.45, 2.75) is 139 Å². The number of unbranched alkanes of at least 4 members (excludes halogenated alkanes) is 2. The molecule has 10 atom stereocenters. The third-order valence-corrected chi connectivity index (χ3v) is 14.7. The van der Waals surface area contributed by atoms with E-state index in [0.29, 0.717) is 12.2 Å². The van der Waals surface area contributed by atoms with Crippen LogP contribution in [0.3, 0.4) is 0 Å². The Bertz CT molecular complexity index is 2850. The van der Waals surface area contributed by atoms with Crippen molar-refractivity contribution in [2.24, 2.45) is 16.6 Å². The smallest absolute Gasteiger partial charge is 0.251 e. The molecule has 81 heavy (non-hydrogen) atoms. The molecular formula is C58H75N11O12. The Kier molecular flexibility index (Phi) is 21.0. The standard InChI is InChI=1S/C58H75N11O12/c1-4-5-6-28-81-44-24-20-39(21-25-44)37-14-12-36(13-15-37)38-16-18-40(19-17-38)51(74)62-45-8-7-27-61-54(77)47-29-41(66-67-58(59)60)31-68(47)56(79)49(33(2)70)65-53(76)46(26-11-35-9-22-42(72)23-10-35)63-55(78)48-30-43(73)32-69(48)57(80)50(34(3)71)64-52(45)75/h9-10,12-25,33-34,41,43,45-50,66,70-73H,4-8,11,26-32H2,1-3H3,(H,61,77)(H,62,74)(H,63,78)(H,64,75)(H,65,76)(H4,59,60,67)/t33-,34-,41+,43-,45?,46?,47?,48?,49?,50?/m1/s1. The van der Waals surface area contributed by atoms with Crippen LogP contribution in [0, 0.1) is 0 Å². The molecule has 3 aliphatic heterocycles. The Labute approximate surface area is 470 Å². The van der Waals surface area contributed by atoms with Crippen molar-refractivity contribution in [3.8, 4) is 33.8 Å². The molecule has 0 saturated carbocycles. The molecule has 0 aromatic heterocycles. The molecule has 3 fully saturated rings. The van der Waals surface area contributed by atoms with Gasteiger partial charge in [0.05, 0.1) is 31.0 Å². The van der Waals surface area contributed by atoms with Gasteiger partial charge in [-0.05, 0) is 110 Å². The predicted octanol–water partition coefficient (Wildman–Crippen LogP) is 0.862. The molecule has 4 aromatic rings. The van der Waals surface area contributed by atoms with Gasteiger partial charge in [-0.2, -0.15) is 0 Å². The number of nitrogens with two attached hydrogens (primary N) is 2. The molecule has 23 nitrogen and oxygen atoms in total. The van der Waals surface area contributed by atoms with Gasteiger partial charge < -0.3 is 78.4 Å². The molecule has 0 radical (unpaired) electrons. The number of hydrogen-bond donors (Lipinski definition) is 12. The van der Waals surface area contributed by atoms with Crippen molar-refractivity contribution < 1.29 is 58.7 Å². The molecule has 3 saturated heterocycles. The number of aliphatic hydroxyl groups excluding tert-OH is 3. The number of hydrazone groups is 1. The fraction of sp³-hybridized carbons (Fsp3) is 0.448. The summed E-state index contributed by atoms with van der Waals surface area (Å²) in [5, 5.41) is 60.1. The minimum absolute atomic E-state index is 0.00977. The largest absolute Gasteiger partial charge is 0.508 e. The quantitative estimate of drug-likeness (QED) is 0.0321. The number of nitrogens with one attached hydrogen (secondary N) is 6. The molecule has 4 aromatic carbocycles. The summed E-state index contributed by atoms with van der Waals surface area (Å²) in [7, 11) is 0. The molecule has 7 amide bonds. The molecular weight excluding hydrogens is 1040 g/mol. The molecule has 0 spiro atoms. The number of ether oxygens (including phenoxy) is 1. The normalized spacial score (nSPS) is 24.0. The first-order valence-electron chi connectivity index (χ1n) is 27.5. The van der Waals surface area contributed by atoms with E-state index in [1.807, 2.05) is 48.5 Å². The zero-order chi connectivity index (χ0) is 58.3. The summed E-state index contributed by atoms with van der Waals surface area (Å²) in [5.41, 5.74) is 18.5. The maximum absolute atomic E-state index is 14.5. The van der Waals surface area contributed by atoms with Gasteiger partial charge in [0.25, 0.3) is 5.91 Å². The number of rotatable bonds is 16. The van der Waals surface area contributed by atoms with Crippen LogP contribution >= 0.6 is 0 Å². The molecule has 6 unspecified atom stereocenters. The number of aromatic hydroxyl groups is 1. The Hall–Kier alpha value is -8.28. The Morgan fingerprint density at radius 2 is 1.27 bits per heavy atom. The first kappa shape index (κ1) is 60.4. The highest BCUT2D eigenvalue weighted by molar-refractivity contribution is 6.00. The second-order valence-electron chi connectivity index (χ2n) is 20.9. The summed E-state index contributed by atoms with van der Waals surface area (Å²) in [4.78, 5) is 102. The minimum Gasteiger partial charge on any atom is -0.508 e. The van der Waals surface area contributed by atoms with Gasteiger partial charge in [-0.1, -0.05) is 80.4 Å². The van der Waals surface area contributed by atoms with Crippen LogP contribution in [-0.2, 0) is 35.2 Å². The number of amides is 7. The second kappa shape index (κ2) is 28.2. The highest BCUT2D eigenvalue weighted by Crippen LogP contribution is 2.28. The van der Waals surface area contributed by atoms with E-state index >= 15 is 0 Å². The summed E-state index contributed by atoms with van der Waals surface area (Å²) in [5.74, 6) is -5.30. The summed E-state index contributed by atoms with van der Waals surface area (Å²) in [6.45, 7) is 4.70. The molecule has 3 aliphatic rings. The number of nitrogens with zero attached hydrogens (tertiary/aromatic N) is 3. The number of carbonyl (C=O) groups is 7. The van der Waals surface area contributed by atoms with E-state index in [2.05, 4.69) is 44.0 Å². The van der Waals surface area contributed by atoms with E-state index < -0.39 is 108 Å². The number of phenols is 1. The number of phenolic OH excluding ortho intramolecular Hbond substituents is 1. The number of aliphatic hydroxyl groups is 3. The van der Waals surface area contributed by atoms with Crippen molar-refractivity contribution in [3.63, 3.8) is 0 Å². The number of carbonyl (C=O) groups excluding carboxylic acids is 7. The van der Waals surface area contributed by atoms with E-state index in [1.54, 1.807) is 36.4 Å². The van der Waals surface area contributed by atoms with Gasteiger partial charge in [0.1, 0.15) is 47.8 Å².